The predicted molar refractivity (Wildman–Crippen MR) is 124 cm³/mol. The number of hydrogen-bond donors (Lipinski definition) is 0. The van der Waals surface area contributed by atoms with Gasteiger partial charge in [0.25, 0.3) is 5.22 Å². The average Bonchev–Trinajstić information content (AvgIpc) is 3.52. The van der Waals surface area contributed by atoms with Gasteiger partial charge in [-0.05, 0) is 48.7 Å². The first-order chi connectivity index (χ1) is 16.1. The molecule has 3 aromatic rings. The highest BCUT2D eigenvalue weighted by Crippen LogP contribution is 2.39. The number of methoxy groups -OCH3 is 3. The van der Waals surface area contributed by atoms with Gasteiger partial charge in [-0.15, -0.1) is 10.2 Å². The van der Waals surface area contributed by atoms with E-state index in [-0.39, 0.29) is 17.7 Å². The first kappa shape index (κ1) is 23.0. The van der Waals surface area contributed by atoms with Gasteiger partial charge in [-0.3, -0.25) is 4.79 Å². The van der Waals surface area contributed by atoms with Crippen LogP contribution in [0.5, 0.6) is 17.2 Å². The maximum Gasteiger partial charge on any atom is 0.277 e. The van der Waals surface area contributed by atoms with Crippen LogP contribution in [0.3, 0.4) is 0 Å². The summed E-state index contributed by atoms with van der Waals surface area (Å²) in [7, 11) is 4.91. The summed E-state index contributed by atoms with van der Waals surface area (Å²) in [6.07, 6.45) is 2.34. The second kappa shape index (κ2) is 10.6. The molecule has 1 unspecified atom stereocenters. The van der Waals surface area contributed by atoms with Gasteiger partial charge in [-0.1, -0.05) is 23.9 Å². The number of thioether (sulfide) groups is 1. The molecule has 1 fully saturated rings. The van der Waals surface area contributed by atoms with E-state index in [1.54, 1.807) is 21.3 Å². The van der Waals surface area contributed by atoms with Gasteiger partial charge >= 0.3 is 0 Å². The fourth-order valence-electron chi connectivity index (χ4n) is 3.98. The van der Waals surface area contributed by atoms with Crippen LogP contribution in [-0.4, -0.2) is 54.6 Å². The number of rotatable bonds is 9. The lowest BCUT2D eigenvalue weighted by Gasteiger charge is -2.26. The molecule has 1 aliphatic heterocycles. The Morgan fingerprint density at radius 3 is 2.55 bits per heavy atom. The van der Waals surface area contributed by atoms with E-state index < -0.39 is 0 Å². The molecular weight excluding hydrogens is 442 g/mol. The van der Waals surface area contributed by atoms with E-state index in [0.29, 0.717) is 24.1 Å². The molecule has 0 aliphatic carbocycles. The van der Waals surface area contributed by atoms with Crippen LogP contribution in [0.25, 0.3) is 0 Å². The van der Waals surface area contributed by atoms with Gasteiger partial charge < -0.3 is 23.5 Å². The molecule has 1 aliphatic rings. The van der Waals surface area contributed by atoms with Crippen molar-refractivity contribution in [2.45, 2.75) is 30.5 Å². The van der Waals surface area contributed by atoms with Gasteiger partial charge in [0.05, 0.1) is 39.5 Å². The fourth-order valence-corrected chi connectivity index (χ4v) is 4.65. The van der Waals surface area contributed by atoms with Crippen molar-refractivity contribution in [3.63, 3.8) is 0 Å². The molecule has 0 N–H and O–H groups in total. The summed E-state index contributed by atoms with van der Waals surface area (Å²) in [5.74, 6) is 3.07. The minimum atomic E-state index is -0.0449. The molecule has 2 heterocycles. The van der Waals surface area contributed by atoms with E-state index in [2.05, 4.69) is 10.2 Å². The molecular formula is C24H27N3O5S. The van der Waals surface area contributed by atoms with Crippen LogP contribution < -0.4 is 14.2 Å². The first-order valence-electron chi connectivity index (χ1n) is 10.7. The highest BCUT2D eigenvalue weighted by molar-refractivity contribution is 7.99. The number of carbonyl (C=O) groups excluding carboxylic acids is 1. The zero-order chi connectivity index (χ0) is 23.2. The molecule has 0 saturated carbocycles. The molecule has 1 atom stereocenters. The Balaban J connectivity index is 1.37. The molecule has 1 amide bonds. The van der Waals surface area contributed by atoms with Crippen molar-refractivity contribution in [2.24, 2.45) is 0 Å². The Bertz CT molecular complexity index is 1090. The molecule has 8 nitrogen and oxygen atoms in total. The van der Waals surface area contributed by atoms with E-state index in [9.17, 15) is 4.79 Å². The fraction of sp³-hybridized carbons (Fsp3) is 0.375. The van der Waals surface area contributed by atoms with Gasteiger partial charge in [0, 0.05) is 12.1 Å². The van der Waals surface area contributed by atoms with Crippen LogP contribution in [0.2, 0.25) is 0 Å². The van der Waals surface area contributed by atoms with Crippen molar-refractivity contribution in [3.8, 4) is 17.2 Å². The van der Waals surface area contributed by atoms with E-state index >= 15 is 0 Å². The van der Waals surface area contributed by atoms with Crippen molar-refractivity contribution >= 4 is 17.7 Å². The van der Waals surface area contributed by atoms with Crippen molar-refractivity contribution < 1.29 is 23.4 Å². The second-order valence-electron chi connectivity index (χ2n) is 7.63. The van der Waals surface area contributed by atoms with Crippen molar-refractivity contribution in [1.82, 2.24) is 15.1 Å². The first-order valence-corrected chi connectivity index (χ1v) is 11.7. The summed E-state index contributed by atoms with van der Waals surface area (Å²) >= 11 is 1.26. The van der Waals surface area contributed by atoms with Gasteiger partial charge in [-0.2, -0.15) is 0 Å². The number of hydrogen-bond acceptors (Lipinski definition) is 8. The average molecular weight is 470 g/mol. The van der Waals surface area contributed by atoms with E-state index in [1.165, 1.54) is 11.8 Å². The summed E-state index contributed by atoms with van der Waals surface area (Å²) in [5.41, 5.74) is 2.01. The molecule has 9 heteroatoms. The van der Waals surface area contributed by atoms with Crippen LogP contribution in [0, 0.1) is 0 Å². The Kier molecular flexibility index (Phi) is 7.39. The summed E-state index contributed by atoms with van der Waals surface area (Å²) < 4.78 is 21.8. The molecule has 0 bridgehead atoms. The number of amides is 1. The van der Waals surface area contributed by atoms with Crippen LogP contribution in [-0.2, 0) is 11.2 Å². The van der Waals surface area contributed by atoms with Gasteiger partial charge in [-0.25, -0.2) is 0 Å². The minimum absolute atomic E-state index is 0.0299. The highest BCUT2D eigenvalue weighted by atomic mass is 32.2. The third kappa shape index (κ3) is 5.42. The predicted octanol–water partition coefficient (Wildman–Crippen LogP) is 4.14. The molecule has 0 radical (unpaired) electrons. The topological polar surface area (TPSA) is 86.9 Å². The molecule has 33 heavy (non-hydrogen) atoms. The lowest BCUT2D eigenvalue weighted by molar-refractivity contribution is -0.129. The van der Waals surface area contributed by atoms with Crippen molar-refractivity contribution in [3.05, 3.63) is 59.5 Å². The molecule has 0 spiro atoms. The molecule has 2 aromatic carbocycles. The zero-order valence-electron chi connectivity index (χ0n) is 18.9. The SMILES string of the molecule is COc1ccc(Cc2nnc(SCC(=O)N3CCCC3c3cc(OC)ccc3OC)o2)cc1. The van der Waals surface area contributed by atoms with Gasteiger partial charge in [0.1, 0.15) is 17.2 Å². The Morgan fingerprint density at radius 2 is 1.82 bits per heavy atom. The number of likely N-dealkylation sites (tertiary alicyclic amines) is 1. The lowest BCUT2D eigenvalue weighted by atomic mass is 10.0. The van der Waals surface area contributed by atoms with Crippen LogP contribution in [0.4, 0.5) is 0 Å². The maximum absolute atomic E-state index is 13.0. The normalized spacial score (nSPS) is 15.5. The number of aromatic nitrogens is 2. The maximum atomic E-state index is 13.0. The summed E-state index contributed by atoms with van der Waals surface area (Å²) in [6, 6.07) is 13.3. The lowest BCUT2D eigenvalue weighted by Crippen LogP contribution is -2.32. The Labute approximate surface area is 197 Å². The number of benzene rings is 2. The van der Waals surface area contributed by atoms with Crippen LogP contribution in [0.1, 0.15) is 35.9 Å². The third-order valence-corrected chi connectivity index (χ3v) is 6.45. The summed E-state index contributed by atoms with van der Waals surface area (Å²) in [4.78, 5) is 14.9. The zero-order valence-corrected chi connectivity index (χ0v) is 19.8. The smallest absolute Gasteiger partial charge is 0.277 e. The quantitative estimate of drug-likeness (QED) is 0.432. The van der Waals surface area contributed by atoms with Crippen LogP contribution in [0.15, 0.2) is 52.1 Å². The molecule has 1 saturated heterocycles. The van der Waals surface area contributed by atoms with Gasteiger partial charge in [0.2, 0.25) is 11.8 Å². The van der Waals surface area contributed by atoms with Gasteiger partial charge in [0.15, 0.2) is 0 Å². The number of nitrogens with zero attached hydrogens (tertiary/aromatic N) is 3. The Hall–Kier alpha value is -3.20. The van der Waals surface area contributed by atoms with E-state index in [4.69, 9.17) is 18.6 Å². The number of carbonyl (C=O) groups is 1. The summed E-state index contributed by atoms with van der Waals surface area (Å²) in [6.45, 7) is 0.705. The van der Waals surface area contributed by atoms with Crippen LogP contribution >= 0.6 is 11.8 Å². The van der Waals surface area contributed by atoms with E-state index in [1.807, 2.05) is 47.4 Å². The van der Waals surface area contributed by atoms with Crippen molar-refractivity contribution in [1.29, 1.82) is 0 Å². The highest BCUT2D eigenvalue weighted by Gasteiger charge is 2.32. The summed E-state index contributed by atoms with van der Waals surface area (Å²) in [5, 5.41) is 8.59. The largest absolute Gasteiger partial charge is 0.497 e. The molecule has 4 rings (SSSR count). The molecule has 174 valence electrons. The van der Waals surface area contributed by atoms with E-state index in [0.717, 1.165) is 41.2 Å². The van der Waals surface area contributed by atoms with Crippen molar-refractivity contribution in [2.75, 3.05) is 33.6 Å². The Morgan fingerprint density at radius 1 is 1.06 bits per heavy atom. The third-order valence-electron chi connectivity index (χ3n) is 5.65. The number of ether oxygens (including phenoxy) is 3. The monoisotopic (exact) mass is 469 g/mol. The second-order valence-corrected chi connectivity index (χ2v) is 8.55. The standard InChI is InChI=1S/C24H27N3O5S/c1-29-17-8-6-16(7-9-17)13-22-25-26-24(32-22)33-15-23(28)27-12-4-5-20(27)19-14-18(30-2)10-11-21(19)31-3/h6-11,14,20H,4-5,12-13,15H2,1-3H3. The molecule has 1 aromatic heterocycles. The minimum Gasteiger partial charge on any atom is -0.497 e.